The van der Waals surface area contributed by atoms with Crippen LogP contribution in [0.15, 0.2) is 17.0 Å². The van der Waals surface area contributed by atoms with Gasteiger partial charge < -0.3 is 9.63 Å². The summed E-state index contributed by atoms with van der Waals surface area (Å²) in [6.07, 6.45) is 5.12. The van der Waals surface area contributed by atoms with E-state index in [-0.39, 0.29) is 5.92 Å². The highest BCUT2D eigenvalue weighted by molar-refractivity contribution is 5.53. The Morgan fingerprint density at radius 2 is 2.05 bits per heavy atom. The van der Waals surface area contributed by atoms with Gasteiger partial charge in [0.2, 0.25) is 0 Å². The molecule has 1 saturated heterocycles. The van der Waals surface area contributed by atoms with Crippen molar-refractivity contribution in [3.05, 3.63) is 11.8 Å². The Hall–Kier alpha value is -1.16. The zero-order chi connectivity index (χ0) is 14.3. The summed E-state index contributed by atoms with van der Waals surface area (Å²) in [6, 6.07) is 0. The maximum absolute atomic E-state index is 10.7. The molecule has 0 aromatic rings. The van der Waals surface area contributed by atoms with Crippen molar-refractivity contribution in [2.75, 3.05) is 19.6 Å². The van der Waals surface area contributed by atoms with E-state index in [0.717, 1.165) is 44.5 Å². The van der Waals surface area contributed by atoms with Crippen molar-refractivity contribution in [2.45, 2.75) is 33.6 Å². The second kappa shape index (κ2) is 8.10. The van der Waals surface area contributed by atoms with E-state index in [1.165, 1.54) is 0 Å². The molecule has 1 unspecified atom stereocenters. The molecule has 0 saturated carbocycles. The summed E-state index contributed by atoms with van der Waals surface area (Å²) in [6.45, 7) is 12.7. The first-order chi connectivity index (χ1) is 9.08. The van der Waals surface area contributed by atoms with Crippen molar-refractivity contribution < 1.29 is 9.63 Å². The zero-order valence-electron chi connectivity index (χ0n) is 12.3. The van der Waals surface area contributed by atoms with E-state index in [9.17, 15) is 4.79 Å². The summed E-state index contributed by atoms with van der Waals surface area (Å²) in [5.74, 6) is 1.98. The molecule has 0 bridgehead atoms. The number of hydrogen-bond acceptors (Lipinski definition) is 4. The molecule has 19 heavy (non-hydrogen) atoms. The molecule has 0 amide bonds. The largest absolute Gasteiger partial charge is 0.362 e. The van der Waals surface area contributed by atoms with E-state index < -0.39 is 0 Å². The lowest BCUT2D eigenvalue weighted by Crippen LogP contribution is -2.34. The molecule has 0 aliphatic carbocycles. The van der Waals surface area contributed by atoms with Gasteiger partial charge in [-0.05, 0) is 37.9 Å². The molecule has 108 valence electrons. The fraction of sp³-hybridized carbons (Fsp3) is 0.733. The minimum atomic E-state index is 0.250. The monoisotopic (exact) mass is 266 g/mol. The van der Waals surface area contributed by atoms with Crippen molar-refractivity contribution in [1.82, 2.24) is 4.90 Å². The molecule has 0 N–H and O–H groups in total. The maximum Gasteiger partial charge on any atom is 0.135 e. The minimum Gasteiger partial charge on any atom is -0.362 e. The van der Waals surface area contributed by atoms with Gasteiger partial charge in [-0.2, -0.15) is 0 Å². The predicted molar refractivity (Wildman–Crippen MR) is 77.9 cm³/mol. The molecule has 1 aliphatic heterocycles. The van der Waals surface area contributed by atoms with Gasteiger partial charge in [0, 0.05) is 25.1 Å². The van der Waals surface area contributed by atoms with Crippen LogP contribution in [0.1, 0.15) is 33.6 Å². The smallest absolute Gasteiger partial charge is 0.135 e. The zero-order valence-corrected chi connectivity index (χ0v) is 12.3. The van der Waals surface area contributed by atoms with Gasteiger partial charge >= 0.3 is 0 Å². The van der Waals surface area contributed by atoms with Crippen LogP contribution in [0.25, 0.3) is 0 Å². The SMILES string of the molecule is C=NO/C(=C\CN1CCC(C=O)CC1)C(C)C(C)C. The van der Waals surface area contributed by atoms with E-state index >= 15 is 0 Å². The molecule has 4 heteroatoms. The Balaban J connectivity index is 2.51. The first-order valence-electron chi connectivity index (χ1n) is 7.09. The van der Waals surface area contributed by atoms with Crippen molar-refractivity contribution in [2.24, 2.45) is 22.9 Å². The van der Waals surface area contributed by atoms with Gasteiger partial charge in [0.15, 0.2) is 0 Å². The van der Waals surface area contributed by atoms with Crippen LogP contribution in [0.2, 0.25) is 0 Å². The van der Waals surface area contributed by atoms with Crippen molar-refractivity contribution >= 4 is 13.0 Å². The van der Waals surface area contributed by atoms with E-state index in [1.807, 2.05) is 0 Å². The Kier molecular flexibility index (Phi) is 6.78. The average Bonchev–Trinajstić information content (AvgIpc) is 2.43. The number of nitrogens with zero attached hydrogens (tertiary/aromatic N) is 2. The number of rotatable bonds is 7. The Morgan fingerprint density at radius 1 is 1.42 bits per heavy atom. The fourth-order valence-corrected chi connectivity index (χ4v) is 2.20. The topological polar surface area (TPSA) is 41.9 Å². The van der Waals surface area contributed by atoms with Gasteiger partial charge in [-0.3, -0.25) is 4.90 Å². The van der Waals surface area contributed by atoms with Gasteiger partial charge in [0.25, 0.3) is 0 Å². The first-order valence-corrected chi connectivity index (χ1v) is 7.09. The molecule has 0 aromatic heterocycles. The molecular formula is C15H26N2O2. The maximum atomic E-state index is 10.7. The van der Waals surface area contributed by atoms with Crippen molar-refractivity contribution in [3.63, 3.8) is 0 Å². The van der Waals surface area contributed by atoms with Crippen LogP contribution in [-0.2, 0) is 9.63 Å². The van der Waals surface area contributed by atoms with E-state index in [0.29, 0.717) is 11.8 Å². The second-order valence-electron chi connectivity index (χ2n) is 5.63. The predicted octanol–water partition coefficient (Wildman–Crippen LogP) is 2.71. The lowest BCUT2D eigenvalue weighted by Gasteiger charge is -2.29. The van der Waals surface area contributed by atoms with Crippen molar-refractivity contribution in [1.29, 1.82) is 0 Å². The lowest BCUT2D eigenvalue weighted by molar-refractivity contribution is -0.112. The van der Waals surface area contributed by atoms with E-state index in [4.69, 9.17) is 4.84 Å². The Morgan fingerprint density at radius 3 is 2.53 bits per heavy atom. The highest BCUT2D eigenvalue weighted by atomic mass is 16.6. The van der Waals surface area contributed by atoms with E-state index in [1.54, 1.807) is 0 Å². The molecule has 0 radical (unpaired) electrons. The summed E-state index contributed by atoms with van der Waals surface area (Å²) < 4.78 is 0. The average molecular weight is 266 g/mol. The Bertz CT molecular complexity index is 318. The van der Waals surface area contributed by atoms with Gasteiger partial charge in [-0.1, -0.05) is 25.9 Å². The lowest BCUT2D eigenvalue weighted by atomic mass is 9.95. The Labute approximate surface area is 116 Å². The molecule has 1 atom stereocenters. The standard InChI is InChI=1S/C15H26N2O2/c1-12(2)13(3)15(19-16-4)7-10-17-8-5-14(11-18)6-9-17/h7,11-14H,4-6,8-10H2,1-3H3/b15-7-. The van der Waals surface area contributed by atoms with Crippen LogP contribution in [-0.4, -0.2) is 37.5 Å². The summed E-state index contributed by atoms with van der Waals surface area (Å²) in [7, 11) is 0. The number of aldehydes is 1. The number of carbonyl (C=O) groups is 1. The minimum absolute atomic E-state index is 0.250. The first kappa shape index (κ1) is 15.9. The highest BCUT2D eigenvalue weighted by Crippen LogP contribution is 2.22. The molecule has 1 aliphatic rings. The quantitative estimate of drug-likeness (QED) is 0.308. The third kappa shape index (κ3) is 5.15. The number of allylic oxidation sites excluding steroid dienone is 1. The normalized spacial score (nSPS) is 20.3. The molecule has 1 heterocycles. The second-order valence-corrected chi connectivity index (χ2v) is 5.63. The van der Waals surface area contributed by atoms with Crippen LogP contribution in [0.4, 0.5) is 0 Å². The van der Waals surface area contributed by atoms with Crippen LogP contribution >= 0.6 is 0 Å². The summed E-state index contributed by atoms with van der Waals surface area (Å²) >= 11 is 0. The molecule has 0 aromatic carbocycles. The number of hydrogen-bond donors (Lipinski definition) is 0. The fourth-order valence-electron chi connectivity index (χ4n) is 2.20. The molecule has 1 rings (SSSR count). The molecule has 4 nitrogen and oxygen atoms in total. The highest BCUT2D eigenvalue weighted by Gasteiger charge is 2.19. The number of carbonyl (C=O) groups excluding carboxylic acids is 1. The van der Waals surface area contributed by atoms with Gasteiger partial charge in [-0.25, -0.2) is 0 Å². The van der Waals surface area contributed by atoms with Gasteiger partial charge in [-0.15, -0.1) is 0 Å². The van der Waals surface area contributed by atoms with Crippen LogP contribution in [0.5, 0.6) is 0 Å². The van der Waals surface area contributed by atoms with E-state index in [2.05, 4.69) is 43.6 Å². The summed E-state index contributed by atoms with van der Waals surface area (Å²) in [5, 5.41) is 3.55. The van der Waals surface area contributed by atoms with Gasteiger partial charge in [0.05, 0.1) is 0 Å². The molecule has 1 fully saturated rings. The van der Waals surface area contributed by atoms with Crippen LogP contribution in [0, 0.1) is 17.8 Å². The number of likely N-dealkylation sites (tertiary alicyclic amines) is 1. The third-order valence-electron chi connectivity index (χ3n) is 3.99. The van der Waals surface area contributed by atoms with Crippen LogP contribution in [0.3, 0.4) is 0 Å². The molecule has 0 spiro atoms. The van der Waals surface area contributed by atoms with Crippen LogP contribution < -0.4 is 0 Å². The third-order valence-corrected chi connectivity index (χ3v) is 3.99. The molecular weight excluding hydrogens is 240 g/mol. The number of oxime groups is 1. The summed E-state index contributed by atoms with van der Waals surface area (Å²) in [4.78, 5) is 18.3. The number of piperidine rings is 1. The van der Waals surface area contributed by atoms with Gasteiger partial charge in [0.1, 0.15) is 12.0 Å². The summed E-state index contributed by atoms with van der Waals surface area (Å²) in [5.41, 5.74) is 0. The van der Waals surface area contributed by atoms with Crippen molar-refractivity contribution in [3.8, 4) is 0 Å².